The van der Waals surface area contributed by atoms with Crippen LogP contribution in [0.4, 0.5) is 0 Å². The summed E-state index contributed by atoms with van der Waals surface area (Å²) in [5, 5.41) is 15.3. The fourth-order valence-corrected chi connectivity index (χ4v) is 1.22. The lowest BCUT2D eigenvalue weighted by Gasteiger charge is -2.29. The smallest absolute Gasteiger partial charge is 0.234 e. The van der Waals surface area contributed by atoms with Crippen molar-refractivity contribution in [1.29, 1.82) is 0 Å². The zero-order valence-electron chi connectivity index (χ0n) is 9.84. The van der Waals surface area contributed by atoms with Gasteiger partial charge < -0.3 is 15.7 Å². The number of rotatable bonds is 6. The van der Waals surface area contributed by atoms with E-state index in [0.29, 0.717) is 6.54 Å². The van der Waals surface area contributed by atoms with Gasteiger partial charge in [-0.2, -0.15) is 0 Å². The molecule has 0 bridgehead atoms. The van der Waals surface area contributed by atoms with Crippen LogP contribution >= 0.6 is 0 Å². The van der Waals surface area contributed by atoms with Crippen LogP contribution < -0.4 is 10.6 Å². The van der Waals surface area contributed by atoms with Gasteiger partial charge in [-0.25, -0.2) is 0 Å². The fraction of sp³-hybridized carbons (Fsp3) is 0.909. The van der Waals surface area contributed by atoms with Crippen molar-refractivity contribution >= 4 is 5.91 Å². The molecule has 4 nitrogen and oxygen atoms in total. The summed E-state index contributed by atoms with van der Waals surface area (Å²) in [5.74, 6) is 0.726. The van der Waals surface area contributed by atoms with Crippen molar-refractivity contribution in [3.8, 4) is 0 Å². The minimum absolute atomic E-state index is 0.0541. The van der Waals surface area contributed by atoms with Crippen molar-refractivity contribution in [2.75, 3.05) is 13.1 Å². The highest BCUT2D eigenvalue weighted by molar-refractivity contribution is 5.78. The summed E-state index contributed by atoms with van der Waals surface area (Å²) in [6, 6.07) is 0. The van der Waals surface area contributed by atoms with Crippen molar-refractivity contribution in [2.24, 2.45) is 5.92 Å². The van der Waals surface area contributed by atoms with E-state index in [4.69, 9.17) is 0 Å². The van der Waals surface area contributed by atoms with E-state index in [1.165, 1.54) is 12.8 Å². The summed E-state index contributed by atoms with van der Waals surface area (Å²) < 4.78 is 0. The van der Waals surface area contributed by atoms with Gasteiger partial charge in [0.1, 0.15) is 0 Å². The van der Waals surface area contributed by atoms with E-state index < -0.39 is 11.6 Å². The Morgan fingerprint density at radius 1 is 1.53 bits per heavy atom. The van der Waals surface area contributed by atoms with Gasteiger partial charge in [-0.05, 0) is 46.1 Å². The lowest BCUT2D eigenvalue weighted by atomic mass is 9.99. The summed E-state index contributed by atoms with van der Waals surface area (Å²) >= 11 is 0. The summed E-state index contributed by atoms with van der Waals surface area (Å²) in [6.45, 7) is 6.58. The Balaban J connectivity index is 2.15. The summed E-state index contributed by atoms with van der Waals surface area (Å²) in [6.07, 6.45) is 2.02. The van der Waals surface area contributed by atoms with Gasteiger partial charge in [0.2, 0.25) is 5.91 Å². The largest absolute Gasteiger partial charge is 0.391 e. The Bertz CT molecular complexity index is 223. The molecular weight excluding hydrogens is 192 g/mol. The zero-order chi connectivity index (χ0) is 11.5. The second kappa shape index (κ2) is 4.94. The minimum Gasteiger partial charge on any atom is -0.391 e. The molecule has 1 atom stereocenters. The van der Waals surface area contributed by atoms with Crippen LogP contribution in [0.5, 0.6) is 0 Å². The normalized spacial score (nSPS) is 18.7. The van der Waals surface area contributed by atoms with Gasteiger partial charge in [-0.1, -0.05) is 0 Å². The average molecular weight is 214 g/mol. The summed E-state index contributed by atoms with van der Waals surface area (Å²) in [7, 11) is 0. The molecule has 1 saturated carbocycles. The molecule has 1 aliphatic rings. The van der Waals surface area contributed by atoms with Crippen LogP contribution in [0.25, 0.3) is 0 Å². The molecule has 88 valence electrons. The SMILES string of the molecule is CC(O)C(C)(C)NC(=O)CNCC1CC1. The van der Waals surface area contributed by atoms with E-state index in [1.54, 1.807) is 6.92 Å². The first-order valence-electron chi connectivity index (χ1n) is 5.61. The molecule has 1 unspecified atom stereocenters. The first kappa shape index (κ1) is 12.5. The Hall–Kier alpha value is -0.610. The molecule has 0 heterocycles. The van der Waals surface area contributed by atoms with E-state index in [1.807, 2.05) is 13.8 Å². The van der Waals surface area contributed by atoms with E-state index in [9.17, 15) is 9.90 Å². The van der Waals surface area contributed by atoms with Crippen molar-refractivity contribution in [3.63, 3.8) is 0 Å². The second-order valence-corrected chi connectivity index (χ2v) is 5.02. The maximum absolute atomic E-state index is 11.5. The van der Waals surface area contributed by atoms with Crippen LogP contribution in [-0.2, 0) is 4.79 Å². The Labute approximate surface area is 91.4 Å². The van der Waals surface area contributed by atoms with Gasteiger partial charge in [-0.15, -0.1) is 0 Å². The van der Waals surface area contributed by atoms with Crippen molar-refractivity contribution in [2.45, 2.75) is 45.3 Å². The molecule has 1 amide bonds. The molecule has 0 aromatic carbocycles. The highest BCUT2D eigenvalue weighted by Crippen LogP contribution is 2.27. The van der Waals surface area contributed by atoms with Gasteiger partial charge in [0.05, 0.1) is 18.2 Å². The summed E-state index contributed by atoms with van der Waals surface area (Å²) in [4.78, 5) is 11.5. The number of carbonyl (C=O) groups excluding carboxylic acids is 1. The number of amides is 1. The first-order valence-corrected chi connectivity index (χ1v) is 5.61. The second-order valence-electron chi connectivity index (χ2n) is 5.02. The van der Waals surface area contributed by atoms with Crippen molar-refractivity contribution in [3.05, 3.63) is 0 Å². The number of hydrogen-bond donors (Lipinski definition) is 3. The predicted molar refractivity (Wildman–Crippen MR) is 59.5 cm³/mol. The zero-order valence-corrected chi connectivity index (χ0v) is 9.84. The van der Waals surface area contributed by atoms with Crippen molar-refractivity contribution < 1.29 is 9.90 Å². The number of aliphatic hydroxyl groups excluding tert-OH is 1. The van der Waals surface area contributed by atoms with E-state index >= 15 is 0 Å². The third-order valence-corrected chi connectivity index (χ3v) is 2.92. The molecule has 3 N–H and O–H groups in total. The van der Waals surface area contributed by atoms with Gasteiger partial charge in [-0.3, -0.25) is 4.79 Å². The molecule has 0 aromatic heterocycles. The molecule has 0 radical (unpaired) electrons. The molecule has 0 aromatic rings. The van der Waals surface area contributed by atoms with Crippen LogP contribution in [0.3, 0.4) is 0 Å². The minimum atomic E-state index is -0.557. The first-order chi connectivity index (χ1) is 6.92. The summed E-state index contributed by atoms with van der Waals surface area (Å²) in [5.41, 5.74) is -0.557. The molecule has 0 spiro atoms. The van der Waals surface area contributed by atoms with Crippen LogP contribution in [0.2, 0.25) is 0 Å². The molecule has 1 aliphatic carbocycles. The maximum atomic E-state index is 11.5. The number of carbonyl (C=O) groups is 1. The molecular formula is C11H22N2O2. The van der Waals surface area contributed by atoms with Crippen LogP contribution in [0, 0.1) is 5.92 Å². The molecule has 0 saturated heterocycles. The number of hydrogen-bond acceptors (Lipinski definition) is 3. The Morgan fingerprint density at radius 2 is 2.13 bits per heavy atom. The van der Waals surface area contributed by atoms with Gasteiger partial charge >= 0.3 is 0 Å². The quantitative estimate of drug-likeness (QED) is 0.594. The van der Waals surface area contributed by atoms with Crippen molar-refractivity contribution in [1.82, 2.24) is 10.6 Å². The Kier molecular flexibility index (Phi) is 4.11. The highest BCUT2D eigenvalue weighted by atomic mass is 16.3. The average Bonchev–Trinajstić information content (AvgIpc) is 2.86. The monoisotopic (exact) mass is 214 g/mol. The van der Waals surface area contributed by atoms with E-state index in [-0.39, 0.29) is 5.91 Å². The number of nitrogens with one attached hydrogen (secondary N) is 2. The molecule has 4 heteroatoms. The van der Waals surface area contributed by atoms with Gasteiger partial charge in [0.15, 0.2) is 0 Å². The topological polar surface area (TPSA) is 61.4 Å². The van der Waals surface area contributed by atoms with Crippen LogP contribution in [0.1, 0.15) is 33.6 Å². The predicted octanol–water partition coefficient (Wildman–Crippen LogP) is 0.262. The number of aliphatic hydroxyl groups is 1. The molecule has 1 fully saturated rings. The van der Waals surface area contributed by atoms with Crippen LogP contribution in [0.15, 0.2) is 0 Å². The maximum Gasteiger partial charge on any atom is 0.234 e. The molecule has 0 aliphatic heterocycles. The van der Waals surface area contributed by atoms with E-state index in [0.717, 1.165) is 12.5 Å². The van der Waals surface area contributed by atoms with Gasteiger partial charge in [0, 0.05) is 0 Å². The fourth-order valence-electron chi connectivity index (χ4n) is 1.22. The van der Waals surface area contributed by atoms with E-state index in [2.05, 4.69) is 10.6 Å². The Morgan fingerprint density at radius 3 is 2.60 bits per heavy atom. The third kappa shape index (κ3) is 4.62. The van der Waals surface area contributed by atoms with Gasteiger partial charge in [0.25, 0.3) is 0 Å². The standard InChI is InChI=1S/C11H22N2O2/c1-8(14)11(2,3)13-10(15)7-12-6-9-4-5-9/h8-9,12,14H,4-7H2,1-3H3,(H,13,15). The molecule has 15 heavy (non-hydrogen) atoms. The molecule has 1 rings (SSSR count). The highest BCUT2D eigenvalue weighted by Gasteiger charge is 2.26. The lowest BCUT2D eigenvalue weighted by Crippen LogP contribution is -2.53. The lowest BCUT2D eigenvalue weighted by molar-refractivity contribution is -0.123. The third-order valence-electron chi connectivity index (χ3n) is 2.92. The van der Waals surface area contributed by atoms with Crippen LogP contribution in [-0.4, -0.2) is 35.7 Å².